The van der Waals surface area contributed by atoms with Crippen molar-refractivity contribution < 1.29 is 26.2 Å². The zero-order valence-electron chi connectivity index (χ0n) is 44.7. The molecule has 3 aromatic heterocycles. The predicted molar refractivity (Wildman–Crippen MR) is 305 cm³/mol. The molecule has 372 valence electrons. The Morgan fingerprint density at radius 3 is 1.95 bits per heavy atom. The number of aromatic nitrogens is 4. The van der Waals surface area contributed by atoms with Gasteiger partial charge in [0.2, 0.25) is 0 Å². The van der Waals surface area contributed by atoms with Crippen LogP contribution in [0.1, 0.15) is 111 Å². The third kappa shape index (κ3) is 9.42. The second-order valence-corrected chi connectivity index (χ2v) is 23.9. The van der Waals surface area contributed by atoms with Crippen molar-refractivity contribution in [3.8, 4) is 67.5 Å². The molecule has 1 N–H and O–H groups in total. The minimum Gasteiger partial charge on any atom is -0.507 e. The first kappa shape index (κ1) is 51.1. The van der Waals surface area contributed by atoms with Crippen molar-refractivity contribution in [1.82, 2.24) is 19.1 Å². The second-order valence-electron chi connectivity index (χ2n) is 23.9. The van der Waals surface area contributed by atoms with Crippen LogP contribution in [0.4, 0.5) is 0 Å². The van der Waals surface area contributed by atoms with Gasteiger partial charge in [0.15, 0.2) is 0 Å². The summed E-state index contributed by atoms with van der Waals surface area (Å²) in [6.07, 6.45) is 3.84. The largest absolute Gasteiger partial charge is 0.507 e. The van der Waals surface area contributed by atoms with Gasteiger partial charge < -0.3 is 14.2 Å². The van der Waals surface area contributed by atoms with Crippen LogP contribution in [-0.2, 0) is 49.8 Å². The fraction of sp³-hybridized carbons (Fsp3) is 0.254. The summed E-state index contributed by atoms with van der Waals surface area (Å²) in [5.41, 5.74) is 18.2. The van der Waals surface area contributed by atoms with E-state index in [-0.39, 0.29) is 48.5 Å². The normalized spacial score (nSPS) is 12.5. The van der Waals surface area contributed by atoms with Gasteiger partial charge in [-0.05, 0) is 114 Å². The van der Waals surface area contributed by atoms with Crippen LogP contribution in [0.2, 0.25) is 0 Å². The summed E-state index contributed by atoms with van der Waals surface area (Å²) in [6.45, 7) is 31.3. The fourth-order valence-corrected chi connectivity index (χ4v) is 10.3. The topological polar surface area (TPSA) is 55.9 Å². The number of phenols is 1. The van der Waals surface area contributed by atoms with Crippen LogP contribution >= 0.6 is 0 Å². The van der Waals surface area contributed by atoms with E-state index >= 15 is 0 Å². The molecule has 0 saturated carbocycles. The first-order valence-electron chi connectivity index (χ1n) is 25.3. The van der Waals surface area contributed by atoms with Crippen molar-refractivity contribution in [3.63, 3.8) is 0 Å². The minimum atomic E-state index is -0.186. The van der Waals surface area contributed by atoms with Gasteiger partial charge in [0.1, 0.15) is 11.6 Å². The van der Waals surface area contributed by atoms with Crippen LogP contribution < -0.4 is 0 Å². The van der Waals surface area contributed by atoms with Crippen LogP contribution in [0.25, 0.3) is 100 Å². The Hall–Kier alpha value is -6.81. The monoisotopic (exact) mass is 1140 g/mol. The molecule has 5 nitrogen and oxygen atoms in total. The molecule has 0 bridgehead atoms. The maximum absolute atomic E-state index is 12.2. The van der Waals surface area contributed by atoms with Gasteiger partial charge in [-0.1, -0.05) is 186 Å². The zero-order chi connectivity index (χ0) is 51.2. The number of imidazole rings is 1. The van der Waals surface area contributed by atoms with E-state index in [0.29, 0.717) is 11.4 Å². The van der Waals surface area contributed by atoms with Gasteiger partial charge in [-0.2, -0.15) is 0 Å². The van der Waals surface area contributed by atoms with Gasteiger partial charge in [0.25, 0.3) is 0 Å². The summed E-state index contributed by atoms with van der Waals surface area (Å²) < 4.78 is 4.43. The summed E-state index contributed by atoms with van der Waals surface area (Å²) in [5, 5.41) is 15.7. The third-order valence-electron chi connectivity index (χ3n) is 14.5. The summed E-state index contributed by atoms with van der Waals surface area (Å²) in [4.78, 5) is 10.5. The predicted octanol–water partition coefficient (Wildman–Crippen LogP) is 17.7. The number of nitrogens with zero attached hydrogens (tertiary/aromatic N) is 4. The molecule has 73 heavy (non-hydrogen) atoms. The molecule has 0 aliphatic heterocycles. The molecule has 0 aliphatic rings. The van der Waals surface area contributed by atoms with E-state index in [1.807, 2.05) is 30.5 Å². The quantitative estimate of drug-likeness (QED) is 0.162. The molecular weight excluding hydrogens is 1070 g/mol. The van der Waals surface area contributed by atoms with Crippen LogP contribution in [0, 0.1) is 6.07 Å². The Morgan fingerprint density at radius 2 is 1.27 bits per heavy atom. The average Bonchev–Trinajstić information content (AvgIpc) is 3.89. The molecule has 0 unspecified atom stereocenters. The van der Waals surface area contributed by atoms with E-state index in [4.69, 9.17) is 9.97 Å². The molecule has 6 heteroatoms. The summed E-state index contributed by atoms with van der Waals surface area (Å²) >= 11 is 0. The molecular formula is C67H67N4OPt-. The molecule has 0 amide bonds. The van der Waals surface area contributed by atoms with Crippen LogP contribution in [0.3, 0.4) is 0 Å². The molecule has 0 atom stereocenters. The molecule has 0 aliphatic carbocycles. The Kier molecular flexibility index (Phi) is 13.0. The van der Waals surface area contributed by atoms with E-state index in [1.165, 1.54) is 33.0 Å². The zero-order valence-corrected chi connectivity index (χ0v) is 47.0. The van der Waals surface area contributed by atoms with E-state index in [9.17, 15) is 5.11 Å². The second kappa shape index (κ2) is 18.6. The van der Waals surface area contributed by atoms with Gasteiger partial charge >= 0.3 is 0 Å². The standard InChI is InChI=1S/C67H67N4O.Pt/c1-15-50-36-44-20-19-23-53(62(44)71(50)51-21-17-16-18-22-51)42-30-31-68-57(37-42)46-32-45(34-48(35-46)65(5,6)7)55-39-49(66(8,9)10)40-58-61(55)69-63(70(58)14)54-27-24-43(38-59(54)72)60-52-28-26-47(64(2,3)4)33-41(52)25-29-56(60)67(11,12)13;/h15-31,33-40,72H,1H2,2-14H3;/q-1;. The van der Waals surface area contributed by atoms with Gasteiger partial charge in [0.05, 0.1) is 22.1 Å². The van der Waals surface area contributed by atoms with E-state index in [2.05, 4.69) is 233 Å². The summed E-state index contributed by atoms with van der Waals surface area (Å²) in [5.74, 6) is 0.884. The van der Waals surface area contributed by atoms with Crippen LogP contribution in [0.15, 0.2) is 152 Å². The summed E-state index contributed by atoms with van der Waals surface area (Å²) in [6, 6.07) is 54.0. The Balaban J connectivity index is 0.00000656. The average molecular weight is 1140 g/mol. The third-order valence-corrected chi connectivity index (χ3v) is 14.5. The molecule has 3 heterocycles. The van der Waals surface area contributed by atoms with Crippen molar-refractivity contribution in [2.45, 2.75) is 105 Å². The maximum Gasteiger partial charge on any atom is 0.143 e. The van der Waals surface area contributed by atoms with Gasteiger partial charge in [0, 0.05) is 62.3 Å². The van der Waals surface area contributed by atoms with Gasteiger partial charge in [-0.25, -0.2) is 4.98 Å². The molecule has 0 spiro atoms. The number of para-hydroxylation sites is 2. The number of phenolic OH excluding ortho intramolecular Hbond substituents is 1. The molecule has 0 saturated heterocycles. The fourth-order valence-electron chi connectivity index (χ4n) is 10.3. The SMILES string of the molecule is C=Cc1cc2cccc(-c3ccnc(-c4[c-]c(-c5cc(C(C)(C)C)cc6c5nc(-c5ccc(-c7c(C(C)(C)C)ccc8cc(C(C)(C)C)ccc78)cc5O)n6C)cc(C(C)(C)C)c4)c3)c2n1-c1ccccc1.[Pt]. The van der Waals surface area contributed by atoms with Gasteiger partial charge in [-0.3, -0.25) is 4.98 Å². The molecule has 0 fully saturated rings. The molecule has 10 aromatic rings. The Bertz CT molecular complexity index is 3770. The van der Waals surface area contributed by atoms with E-state index in [1.54, 1.807) is 0 Å². The first-order valence-corrected chi connectivity index (χ1v) is 25.3. The van der Waals surface area contributed by atoms with Crippen molar-refractivity contribution in [1.29, 1.82) is 0 Å². The number of aryl methyl sites for hydroxylation is 1. The Labute approximate surface area is 447 Å². The Morgan fingerprint density at radius 1 is 0.575 bits per heavy atom. The molecule has 7 aromatic carbocycles. The van der Waals surface area contributed by atoms with E-state index in [0.717, 1.165) is 78.0 Å². The number of hydrogen-bond acceptors (Lipinski definition) is 3. The maximum atomic E-state index is 12.2. The minimum absolute atomic E-state index is 0. The van der Waals surface area contributed by atoms with Crippen LogP contribution in [-0.4, -0.2) is 24.2 Å². The number of hydrogen-bond donors (Lipinski definition) is 1. The van der Waals surface area contributed by atoms with Gasteiger partial charge in [-0.15, -0.1) is 29.3 Å². The van der Waals surface area contributed by atoms with Crippen LogP contribution in [0.5, 0.6) is 5.75 Å². The van der Waals surface area contributed by atoms with Crippen molar-refractivity contribution >= 4 is 38.8 Å². The van der Waals surface area contributed by atoms with Crippen molar-refractivity contribution in [2.75, 3.05) is 0 Å². The number of aromatic hydroxyl groups is 1. The molecule has 0 radical (unpaired) electrons. The van der Waals surface area contributed by atoms with Crippen molar-refractivity contribution in [3.05, 3.63) is 186 Å². The number of rotatable bonds is 7. The first-order chi connectivity index (χ1) is 34.0. The number of fused-ring (bicyclic) bond motifs is 3. The smallest absolute Gasteiger partial charge is 0.143 e. The van der Waals surface area contributed by atoms with Crippen molar-refractivity contribution in [2.24, 2.45) is 7.05 Å². The molecule has 10 rings (SSSR count). The summed E-state index contributed by atoms with van der Waals surface area (Å²) in [7, 11) is 2.06. The number of pyridine rings is 1. The number of benzene rings is 7. The van der Waals surface area contributed by atoms with E-state index < -0.39 is 0 Å².